The van der Waals surface area contributed by atoms with E-state index in [1.807, 2.05) is 11.8 Å². The fraction of sp³-hybridized carbons (Fsp3) is 0.500. The molecule has 5 nitrogen and oxygen atoms in total. The Hall–Kier alpha value is -1.36. The first kappa shape index (κ1) is 11.1. The van der Waals surface area contributed by atoms with Gasteiger partial charge in [0.1, 0.15) is 6.04 Å². The van der Waals surface area contributed by atoms with Gasteiger partial charge in [0.25, 0.3) is 0 Å². The standard InChI is InChI=1S/C10H13ClN4O/c1-2-7-10(16)14-5-6-15(7)9-8(11)12-3-4-13-9/h3-4,7H,2,5-6H2,1H3,(H,14,16). The number of hydrogen-bond donors (Lipinski definition) is 1. The molecule has 1 fully saturated rings. The summed E-state index contributed by atoms with van der Waals surface area (Å²) in [5.41, 5.74) is 0. The number of nitrogens with zero attached hydrogens (tertiary/aromatic N) is 3. The molecule has 0 radical (unpaired) electrons. The Morgan fingerprint density at radius 3 is 3.00 bits per heavy atom. The second-order valence-corrected chi connectivity index (χ2v) is 3.94. The van der Waals surface area contributed by atoms with E-state index in [0.717, 1.165) is 6.42 Å². The van der Waals surface area contributed by atoms with Crippen LogP contribution in [0.4, 0.5) is 5.82 Å². The van der Waals surface area contributed by atoms with Crippen molar-refractivity contribution in [2.45, 2.75) is 19.4 Å². The third kappa shape index (κ3) is 1.95. The average molecular weight is 241 g/mol. The van der Waals surface area contributed by atoms with Crippen LogP contribution < -0.4 is 10.2 Å². The van der Waals surface area contributed by atoms with Crippen LogP contribution in [0.5, 0.6) is 0 Å². The van der Waals surface area contributed by atoms with Gasteiger partial charge in [-0.3, -0.25) is 4.79 Å². The number of carbonyl (C=O) groups is 1. The normalized spacial score (nSPS) is 20.8. The highest BCUT2D eigenvalue weighted by molar-refractivity contribution is 6.31. The second-order valence-electron chi connectivity index (χ2n) is 3.58. The van der Waals surface area contributed by atoms with Crippen LogP contribution in [-0.2, 0) is 4.79 Å². The van der Waals surface area contributed by atoms with E-state index in [0.29, 0.717) is 24.1 Å². The predicted octanol–water partition coefficient (Wildman–Crippen LogP) is 0.845. The lowest BCUT2D eigenvalue weighted by Crippen LogP contribution is -2.55. The molecule has 6 heteroatoms. The number of anilines is 1. The molecule has 1 atom stereocenters. The Kier molecular flexibility index (Phi) is 3.24. The van der Waals surface area contributed by atoms with Crippen LogP contribution in [0, 0.1) is 0 Å². The van der Waals surface area contributed by atoms with E-state index >= 15 is 0 Å². The lowest BCUT2D eigenvalue weighted by molar-refractivity contribution is -0.123. The zero-order chi connectivity index (χ0) is 11.5. The molecule has 1 aliphatic heterocycles. The van der Waals surface area contributed by atoms with E-state index in [1.165, 1.54) is 6.20 Å². The molecule has 1 saturated heterocycles. The maximum Gasteiger partial charge on any atom is 0.242 e. The van der Waals surface area contributed by atoms with Gasteiger partial charge in [-0.15, -0.1) is 0 Å². The highest BCUT2D eigenvalue weighted by Gasteiger charge is 2.30. The van der Waals surface area contributed by atoms with Crippen molar-refractivity contribution in [3.8, 4) is 0 Å². The lowest BCUT2D eigenvalue weighted by Gasteiger charge is -2.35. The zero-order valence-corrected chi connectivity index (χ0v) is 9.74. The van der Waals surface area contributed by atoms with Crippen molar-refractivity contribution in [2.75, 3.05) is 18.0 Å². The number of piperazine rings is 1. The Morgan fingerprint density at radius 2 is 2.31 bits per heavy atom. The van der Waals surface area contributed by atoms with E-state index < -0.39 is 0 Å². The average Bonchev–Trinajstić information content (AvgIpc) is 2.29. The summed E-state index contributed by atoms with van der Waals surface area (Å²) in [4.78, 5) is 21.8. The largest absolute Gasteiger partial charge is 0.353 e. The van der Waals surface area contributed by atoms with Crippen molar-refractivity contribution in [1.29, 1.82) is 0 Å². The third-order valence-electron chi connectivity index (χ3n) is 2.63. The molecular formula is C10H13ClN4O. The number of carbonyl (C=O) groups excluding carboxylic acids is 1. The minimum Gasteiger partial charge on any atom is -0.353 e. The number of amides is 1. The van der Waals surface area contributed by atoms with Gasteiger partial charge in [0.05, 0.1) is 0 Å². The van der Waals surface area contributed by atoms with Gasteiger partial charge in [0.2, 0.25) is 5.91 Å². The third-order valence-corrected chi connectivity index (χ3v) is 2.89. The van der Waals surface area contributed by atoms with E-state index in [1.54, 1.807) is 6.20 Å². The molecule has 1 amide bonds. The van der Waals surface area contributed by atoms with Crippen molar-refractivity contribution in [1.82, 2.24) is 15.3 Å². The summed E-state index contributed by atoms with van der Waals surface area (Å²) >= 11 is 5.98. The van der Waals surface area contributed by atoms with Gasteiger partial charge in [-0.25, -0.2) is 9.97 Å². The van der Waals surface area contributed by atoms with Crippen LogP contribution in [0.15, 0.2) is 12.4 Å². The molecule has 0 saturated carbocycles. The Morgan fingerprint density at radius 1 is 1.56 bits per heavy atom. The van der Waals surface area contributed by atoms with Crippen molar-refractivity contribution in [3.63, 3.8) is 0 Å². The fourth-order valence-electron chi connectivity index (χ4n) is 1.88. The second kappa shape index (κ2) is 4.65. The van der Waals surface area contributed by atoms with Crippen LogP contribution in [0.1, 0.15) is 13.3 Å². The van der Waals surface area contributed by atoms with Crippen molar-refractivity contribution >= 4 is 23.3 Å². The van der Waals surface area contributed by atoms with E-state index in [-0.39, 0.29) is 11.9 Å². The van der Waals surface area contributed by atoms with E-state index in [9.17, 15) is 4.79 Å². The zero-order valence-electron chi connectivity index (χ0n) is 8.98. The Labute approximate surface area is 98.8 Å². The van der Waals surface area contributed by atoms with Crippen LogP contribution in [0.3, 0.4) is 0 Å². The summed E-state index contributed by atoms with van der Waals surface area (Å²) in [5.74, 6) is 0.612. The minimum atomic E-state index is -0.206. The quantitative estimate of drug-likeness (QED) is 0.833. The van der Waals surface area contributed by atoms with Crippen molar-refractivity contribution in [3.05, 3.63) is 17.5 Å². The highest BCUT2D eigenvalue weighted by Crippen LogP contribution is 2.24. The predicted molar refractivity (Wildman–Crippen MR) is 61.5 cm³/mol. The summed E-state index contributed by atoms with van der Waals surface area (Å²) in [5, 5.41) is 3.17. The molecule has 0 spiro atoms. The maximum atomic E-state index is 11.7. The molecule has 0 aliphatic carbocycles. The van der Waals surface area contributed by atoms with Gasteiger partial charge in [-0.05, 0) is 6.42 Å². The molecular weight excluding hydrogens is 228 g/mol. The van der Waals surface area contributed by atoms with Crippen molar-refractivity contribution < 1.29 is 4.79 Å². The SMILES string of the molecule is CCC1C(=O)NCCN1c1nccnc1Cl. The first-order chi connectivity index (χ1) is 7.74. The monoisotopic (exact) mass is 240 g/mol. The molecule has 16 heavy (non-hydrogen) atoms. The van der Waals surface area contributed by atoms with Crippen molar-refractivity contribution in [2.24, 2.45) is 0 Å². The summed E-state index contributed by atoms with van der Waals surface area (Å²) in [6, 6.07) is -0.206. The van der Waals surface area contributed by atoms with E-state index in [2.05, 4.69) is 15.3 Å². The molecule has 2 rings (SSSR count). The summed E-state index contributed by atoms with van der Waals surface area (Å²) in [6.45, 7) is 3.29. The summed E-state index contributed by atoms with van der Waals surface area (Å²) in [7, 11) is 0. The summed E-state index contributed by atoms with van der Waals surface area (Å²) < 4.78 is 0. The number of aromatic nitrogens is 2. The lowest BCUT2D eigenvalue weighted by atomic mass is 10.1. The molecule has 2 heterocycles. The first-order valence-corrected chi connectivity index (χ1v) is 5.62. The van der Waals surface area contributed by atoms with E-state index in [4.69, 9.17) is 11.6 Å². The first-order valence-electron chi connectivity index (χ1n) is 5.25. The van der Waals surface area contributed by atoms with Gasteiger partial charge in [-0.1, -0.05) is 18.5 Å². The maximum absolute atomic E-state index is 11.7. The molecule has 1 aliphatic rings. The molecule has 1 aromatic rings. The Bertz CT molecular complexity index is 398. The topological polar surface area (TPSA) is 58.1 Å². The highest BCUT2D eigenvalue weighted by atomic mass is 35.5. The molecule has 86 valence electrons. The smallest absolute Gasteiger partial charge is 0.242 e. The molecule has 1 unspecified atom stereocenters. The van der Waals surface area contributed by atoms with Gasteiger partial charge < -0.3 is 10.2 Å². The van der Waals surface area contributed by atoms with Gasteiger partial charge >= 0.3 is 0 Å². The number of hydrogen-bond acceptors (Lipinski definition) is 4. The molecule has 1 aromatic heterocycles. The molecule has 0 bridgehead atoms. The fourth-order valence-corrected chi connectivity index (χ4v) is 2.09. The van der Waals surface area contributed by atoms with Crippen LogP contribution in [0.25, 0.3) is 0 Å². The van der Waals surface area contributed by atoms with Gasteiger partial charge in [0, 0.05) is 25.5 Å². The minimum absolute atomic E-state index is 0.0236. The Balaban J connectivity index is 2.31. The van der Waals surface area contributed by atoms with Crippen LogP contribution in [-0.4, -0.2) is 35.0 Å². The number of rotatable bonds is 2. The van der Waals surface area contributed by atoms with Crippen LogP contribution in [0.2, 0.25) is 5.15 Å². The summed E-state index contributed by atoms with van der Waals surface area (Å²) in [6.07, 6.45) is 3.84. The van der Waals surface area contributed by atoms with Crippen LogP contribution >= 0.6 is 11.6 Å². The number of halogens is 1. The number of nitrogens with one attached hydrogen (secondary N) is 1. The molecule has 0 aromatic carbocycles. The van der Waals surface area contributed by atoms with Gasteiger partial charge in [-0.2, -0.15) is 0 Å². The van der Waals surface area contributed by atoms with Gasteiger partial charge in [0.15, 0.2) is 11.0 Å². The molecule has 1 N–H and O–H groups in total.